The topological polar surface area (TPSA) is 306 Å². The van der Waals surface area contributed by atoms with Crippen LogP contribution in [0.15, 0.2) is 104 Å². The minimum Gasteiger partial charge on any atom is -0.478 e. The average molecular weight is 1870 g/mol. The Morgan fingerprint density at radius 1 is 0.290 bits per heavy atom. The van der Waals surface area contributed by atoms with E-state index in [1.54, 1.807) is 88.6 Å². The summed E-state index contributed by atoms with van der Waals surface area (Å²) in [6, 6.07) is 25.5. The Hall–Kier alpha value is -9.61. The van der Waals surface area contributed by atoms with Gasteiger partial charge in [-0.2, -0.15) is 0 Å². The highest BCUT2D eigenvalue weighted by Crippen LogP contribution is 2.58. The Balaban J connectivity index is 0.000000125. The Labute approximate surface area is 792 Å². The predicted octanol–water partition coefficient (Wildman–Crippen LogP) is 26.0. The fourth-order valence-electron chi connectivity index (χ4n) is 18.2. The monoisotopic (exact) mass is 1870 g/mol. The zero-order valence-corrected chi connectivity index (χ0v) is 84.2. The number of rotatable bonds is 22. The van der Waals surface area contributed by atoms with E-state index in [0.29, 0.717) is 35.0 Å². The molecule has 9 aliphatic rings. The Bertz CT molecular complexity index is 5420. The summed E-state index contributed by atoms with van der Waals surface area (Å²) in [4.78, 5) is 112. The Kier molecular flexibility index (Phi) is 26.4. The quantitative estimate of drug-likeness (QED) is 0.0421. The number of fused-ring (bicyclic) bond motifs is 5. The standard InChI is InChI=1S/C22H28N2O2S.C21H27N3O2S.C21H26N2O2S.C20H25N3O2S.C19H25N3O2S/c1-21(2)11-12-22(3,4)18-17(21)23-20(27-18)24(13-14-5-6-14)16-9-7-15(8-10-16)19(25)26;1-20(2)9-10-21(3,4)17-16(20)23-19(27-17)24(12-13-5-6-13)15-8-7-14(11-22-15)18(25)26;1-20(2)11-12-21(3,4)17-16(20)22-19(26-17)23(15-9-10-15)14-7-5-13(6-8-14)18(24)25;1-19(2)9-10-20(3,4)16-15(19)22-18(26-16)23(13-6-7-13)14-8-5-12(11-21-14)17(24)25;1-6-22(13-8-7-12(11-20-13)16(23)24)17-21-14-15(25-17)19(4,5)10-9-18(14,2)3/h7-10,14H,5-6,11-13H2,1-4H3,(H,25,26);7-8,11,13H,5-6,9-10,12H2,1-4H3,(H,25,26);5-8,15H,9-12H2,1-4H3,(H,24,25);5,8,11,13H,6-7,9-10H2,1-4H3,(H,24,25);7-8,11H,6,9-10H2,1-5H3,(H,23,24). The predicted molar refractivity (Wildman–Crippen MR) is 530 cm³/mol. The second kappa shape index (κ2) is 36.0. The van der Waals surface area contributed by atoms with Crippen molar-refractivity contribution >= 4 is 141 Å². The van der Waals surface area contributed by atoms with E-state index in [4.69, 9.17) is 45.3 Å². The third-order valence-electron chi connectivity index (χ3n) is 28.4. The third kappa shape index (κ3) is 20.7. The van der Waals surface area contributed by atoms with Crippen LogP contribution >= 0.6 is 56.7 Å². The van der Waals surface area contributed by atoms with Crippen molar-refractivity contribution < 1.29 is 49.5 Å². The van der Waals surface area contributed by atoms with E-state index in [1.165, 1.54) is 123 Å². The van der Waals surface area contributed by atoms with Gasteiger partial charge in [0.15, 0.2) is 25.7 Å². The molecule has 19 rings (SSSR count). The van der Waals surface area contributed by atoms with Crippen LogP contribution < -0.4 is 24.5 Å². The maximum atomic E-state index is 11.2. The van der Waals surface area contributed by atoms with Gasteiger partial charge in [0.1, 0.15) is 17.5 Å². The van der Waals surface area contributed by atoms with Gasteiger partial charge in [-0.3, -0.25) is 4.90 Å². The first-order valence-electron chi connectivity index (χ1n) is 46.6. The van der Waals surface area contributed by atoms with Gasteiger partial charge in [-0.15, -0.1) is 56.7 Å². The molecule has 0 aliphatic heterocycles. The lowest BCUT2D eigenvalue weighted by molar-refractivity contribution is 0.0685. The van der Waals surface area contributed by atoms with E-state index in [9.17, 15) is 29.1 Å². The lowest BCUT2D eigenvalue weighted by Crippen LogP contribution is -2.32. The van der Waals surface area contributed by atoms with Crippen LogP contribution in [0.4, 0.5) is 54.5 Å². The smallest absolute Gasteiger partial charge is 0.337 e. The number of aromatic nitrogens is 8. The first kappa shape index (κ1) is 96.0. The number of aromatic carboxylic acids is 5. The van der Waals surface area contributed by atoms with E-state index < -0.39 is 29.8 Å². The number of thiazole rings is 5. The minimum atomic E-state index is -0.963. The van der Waals surface area contributed by atoms with Crippen LogP contribution in [0.5, 0.6) is 0 Å². The Morgan fingerprint density at radius 3 is 0.817 bits per heavy atom. The molecule has 9 aliphatic carbocycles. The van der Waals surface area contributed by atoms with Crippen LogP contribution in [-0.4, -0.2) is 127 Å². The first-order valence-corrected chi connectivity index (χ1v) is 50.7. The molecule has 698 valence electrons. The van der Waals surface area contributed by atoms with Gasteiger partial charge in [0.05, 0.1) is 56.3 Å². The van der Waals surface area contributed by atoms with Crippen molar-refractivity contribution in [3.8, 4) is 0 Å². The number of carboxylic acid groups (broad SMARTS) is 5. The summed E-state index contributed by atoms with van der Waals surface area (Å²) in [5.41, 5.74) is 10.8. The molecule has 0 bridgehead atoms. The van der Waals surface area contributed by atoms with Crippen LogP contribution in [0.3, 0.4) is 0 Å². The second-order valence-corrected chi connectivity index (χ2v) is 49.0. The lowest BCUT2D eigenvalue weighted by atomic mass is 9.69. The van der Waals surface area contributed by atoms with Crippen LogP contribution in [-0.2, 0) is 54.1 Å². The molecule has 0 unspecified atom stereocenters. The highest BCUT2D eigenvalue weighted by molar-refractivity contribution is 7.17. The van der Waals surface area contributed by atoms with Gasteiger partial charge >= 0.3 is 29.8 Å². The van der Waals surface area contributed by atoms with Crippen LogP contribution in [0.25, 0.3) is 0 Å². The van der Waals surface area contributed by atoms with Crippen LogP contribution in [0, 0.1) is 11.8 Å². The molecular formula is C103H131N13O10S5. The molecule has 10 aromatic rings. The second-order valence-electron chi connectivity index (χ2n) is 44.1. The van der Waals surface area contributed by atoms with E-state index in [-0.39, 0.29) is 70.8 Å². The number of carboxylic acids is 5. The number of anilines is 10. The molecule has 5 N–H and O–H groups in total. The van der Waals surface area contributed by atoms with E-state index in [2.05, 4.69) is 185 Å². The van der Waals surface area contributed by atoms with E-state index >= 15 is 0 Å². The summed E-state index contributed by atoms with van der Waals surface area (Å²) in [6.07, 6.45) is 25.5. The molecule has 4 saturated carbocycles. The first-order chi connectivity index (χ1) is 61.4. The largest absolute Gasteiger partial charge is 0.478 e. The molecule has 131 heavy (non-hydrogen) atoms. The van der Waals surface area contributed by atoms with Crippen molar-refractivity contribution in [1.29, 1.82) is 0 Å². The summed E-state index contributed by atoms with van der Waals surface area (Å²) in [5, 5.41) is 50.7. The maximum Gasteiger partial charge on any atom is 0.337 e. The molecule has 0 saturated heterocycles. The molecule has 4 fully saturated rings. The van der Waals surface area contributed by atoms with Gasteiger partial charge in [0, 0.05) is 140 Å². The highest BCUT2D eigenvalue weighted by Gasteiger charge is 2.49. The van der Waals surface area contributed by atoms with E-state index in [0.717, 1.165) is 138 Å². The summed E-state index contributed by atoms with van der Waals surface area (Å²) in [6.45, 7) is 50.7. The molecule has 0 amide bonds. The van der Waals surface area contributed by atoms with Crippen molar-refractivity contribution in [3.05, 3.63) is 184 Å². The van der Waals surface area contributed by atoms with Gasteiger partial charge in [-0.1, -0.05) is 138 Å². The number of nitrogens with zero attached hydrogens (tertiary/aromatic N) is 13. The lowest BCUT2D eigenvalue weighted by Gasteiger charge is -2.37. The number of hydrogen-bond acceptors (Lipinski definition) is 23. The summed E-state index contributed by atoms with van der Waals surface area (Å²) in [7, 11) is 0. The van der Waals surface area contributed by atoms with Gasteiger partial charge in [0.2, 0.25) is 0 Å². The number of pyridine rings is 3. The molecule has 28 heteroatoms. The number of carbonyl (C=O) groups is 5. The van der Waals surface area contributed by atoms with Crippen molar-refractivity contribution in [2.45, 2.75) is 327 Å². The zero-order chi connectivity index (χ0) is 94.6. The molecule has 23 nitrogen and oxygen atoms in total. The van der Waals surface area contributed by atoms with Crippen molar-refractivity contribution in [3.63, 3.8) is 0 Å². The van der Waals surface area contributed by atoms with Gasteiger partial charge < -0.3 is 45.1 Å². The molecule has 8 heterocycles. The van der Waals surface area contributed by atoms with Crippen molar-refractivity contribution in [2.75, 3.05) is 44.1 Å². The Morgan fingerprint density at radius 2 is 0.534 bits per heavy atom. The molecule has 0 atom stereocenters. The molecule has 8 aromatic heterocycles. The SMILES string of the molecule is CC1(C)CCC(C)(C)c2sc(N(CC3CC3)c3ccc(C(=O)O)cc3)nc21.CC1(C)CCC(C)(C)c2sc(N(CC3CC3)c3ccc(C(=O)O)cn3)nc21.CC1(C)CCC(C)(C)c2sc(N(c3ccc(C(=O)O)cc3)C3CC3)nc21.CC1(C)CCC(C)(C)c2sc(N(c3ccc(C(=O)O)cn3)C3CC3)nc21.CCN(c1ccc(C(=O)O)cn1)c1nc2c(s1)C(C)(C)CCC2(C)C. The fraction of sp³-hybridized carbons (Fsp3) is 0.544. The number of benzene rings is 2. The van der Waals surface area contributed by atoms with Crippen LogP contribution in [0.1, 0.15) is 366 Å². The minimum absolute atomic E-state index is 0.0829. The van der Waals surface area contributed by atoms with Gasteiger partial charge in [0.25, 0.3) is 0 Å². The highest BCUT2D eigenvalue weighted by atomic mass is 32.1. The third-order valence-corrected chi connectivity index (χ3v) is 35.5. The maximum absolute atomic E-state index is 11.2. The number of hydrogen-bond donors (Lipinski definition) is 5. The normalized spacial score (nSPS) is 19.8. The average Bonchev–Trinajstić information content (AvgIpc) is 1.60. The van der Waals surface area contributed by atoms with Crippen LogP contribution in [0.2, 0.25) is 0 Å². The summed E-state index contributed by atoms with van der Waals surface area (Å²) < 4.78 is 0. The van der Waals surface area contributed by atoms with Gasteiger partial charge in [-0.25, -0.2) is 63.8 Å². The van der Waals surface area contributed by atoms with Crippen molar-refractivity contribution in [1.82, 2.24) is 39.9 Å². The summed E-state index contributed by atoms with van der Waals surface area (Å²) >= 11 is 8.96. The van der Waals surface area contributed by atoms with Gasteiger partial charge in [-0.05, 0) is 219 Å². The van der Waals surface area contributed by atoms with E-state index in [1.807, 2.05) is 53.0 Å². The fourth-order valence-corrected chi connectivity index (χ4v) is 25.4. The molecule has 2 aromatic carbocycles. The zero-order valence-electron chi connectivity index (χ0n) is 80.1. The molecule has 0 radical (unpaired) electrons. The molecular weight excluding hydrogens is 1740 g/mol. The molecule has 0 spiro atoms. The van der Waals surface area contributed by atoms with Crippen molar-refractivity contribution in [2.24, 2.45) is 11.8 Å². The summed E-state index contributed by atoms with van der Waals surface area (Å²) in [5.74, 6) is -0.936.